The second-order valence-electron chi connectivity index (χ2n) is 8.03. The van der Waals surface area contributed by atoms with Crippen LogP contribution in [0.4, 0.5) is 31.5 Å². The summed E-state index contributed by atoms with van der Waals surface area (Å²) in [6.45, 7) is 3.68. The van der Waals surface area contributed by atoms with Gasteiger partial charge in [-0.25, -0.2) is 13.6 Å². The largest absolute Gasteiger partial charge is 0.462 e. The van der Waals surface area contributed by atoms with E-state index in [0.717, 1.165) is 11.4 Å². The highest BCUT2D eigenvalue weighted by atomic mass is 19.1. The second kappa shape index (κ2) is 9.51. The maximum absolute atomic E-state index is 14.4. The molecule has 1 N–H and O–H groups in total. The van der Waals surface area contributed by atoms with Crippen LogP contribution in [0.25, 0.3) is 0 Å². The molecule has 1 heterocycles. The summed E-state index contributed by atoms with van der Waals surface area (Å²) in [6, 6.07) is 15.4. The Bertz CT molecular complexity index is 1210. The van der Waals surface area contributed by atoms with Crippen molar-refractivity contribution in [2.24, 2.45) is 0 Å². The molecule has 3 aromatic carbocycles. The second-order valence-corrected chi connectivity index (χ2v) is 8.03. The molecule has 8 heteroatoms. The van der Waals surface area contributed by atoms with Gasteiger partial charge in [-0.1, -0.05) is 6.07 Å². The van der Waals surface area contributed by atoms with E-state index in [1.165, 1.54) is 18.2 Å². The summed E-state index contributed by atoms with van der Waals surface area (Å²) in [5, 5.41) is 3.27. The third kappa shape index (κ3) is 4.44. The molecule has 0 aromatic heterocycles. The molecule has 1 amide bonds. The molecule has 4 rings (SSSR count). The zero-order valence-electron chi connectivity index (χ0n) is 19.1. The zero-order chi connectivity index (χ0) is 24.4. The summed E-state index contributed by atoms with van der Waals surface area (Å²) in [6.07, 6.45) is 0. The maximum atomic E-state index is 14.4. The molecule has 0 bridgehead atoms. The smallest absolute Gasteiger partial charge is 0.338 e. The summed E-state index contributed by atoms with van der Waals surface area (Å²) < 4.78 is 33.8. The number of ether oxygens (including phenoxy) is 1. The van der Waals surface area contributed by atoms with E-state index < -0.39 is 17.7 Å². The van der Waals surface area contributed by atoms with Gasteiger partial charge in [0.2, 0.25) is 5.91 Å². The molecule has 34 heavy (non-hydrogen) atoms. The van der Waals surface area contributed by atoms with Crippen LogP contribution in [0.3, 0.4) is 0 Å². The van der Waals surface area contributed by atoms with Gasteiger partial charge in [-0.05, 0) is 68.4 Å². The van der Waals surface area contributed by atoms with Crippen LogP contribution in [-0.2, 0) is 16.1 Å². The van der Waals surface area contributed by atoms with Crippen molar-refractivity contribution in [1.29, 1.82) is 0 Å². The number of nitrogens with one attached hydrogen (secondary N) is 1. The van der Waals surface area contributed by atoms with E-state index in [1.807, 2.05) is 12.1 Å². The first-order chi connectivity index (χ1) is 16.3. The lowest BCUT2D eigenvalue weighted by Gasteiger charge is -2.40. The Labute approximate surface area is 196 Å². The standard InChI is InChI=1S/C26H25F2N3O3/c1-4-34-26(33)17-8-10-18(11-9-17)29-19-12-13-23-24(14-19)31(16(2)25(32)30(23)3)15-20-21(27)6-5-7-22(20)28/h5-14,16,29H,4,15H2,1-3H3. The first kappa shape index (κ1) is 23.2. The van der Waals surface area contributed by atoms with Gasteiger partial charge in [0.25, 0.3) is 0 Å². The fourth-order valence-corrected chi connectivity index (χ4v) is 4.00. The van der Waals surface area contributed by atoms with Crippen molar-refractivity contribution >= 4 is 34.6 Å². The van der Waals surface area contributed by atoms with Gasteiger partial charge < -0.3 is 19.9 Å². The quantitative estimate of drug-likeness (QED) is 0.504. The number of hydrogen-bond acceptors (Lipinski definition) is 5. The lowest BCUT2D eigenvalue weighted by molar-refractivity contribution is -0.119. The summed E-state index contributed by atoms with van der Waals surface area (Å²) in [7, 11) is 1.68. The first-order valence-electron chi connectivity index (χ1n) is 11.0. The van der Waals surface area contributed by atoms with Crippen molar-refractivity contribution in [2.45, 2.75) is 26.4 Å². The molecule has 0 aliphatic carbocycles. The molecule has 1 unspecified atom stereocenters. The monoisotopic (exact) mass is 465 g/mol. The average molecular weight is 466 g/mol. The molecule has 0 spiro atoms. The molecule has 6 nitrogen and oxygen atoms in total. The number of nitrogens with zero attached hydrogens (tertiary/aromatic N) is 2. The Morgan fingerprint density at radius 2 is 1.65 bits per heavy atom. The number of fused-ring (bicyclic) bond motifs is 1. The van der Waals surface area contributed by atoms with E-state index in [4.69, 9.17) is 4.74 Å². The molecular formula is C26H25F2N3O3. The van der Waals surface area contributed by atoms with Crippen LogP contribution >= 0.6 is 0 Å². The van der Waals surface area contributed by atoms with Crippen molar-refractivity contribution in [3.05, 3.63) is 83.4 Å². The molecule has 1 aliphatic heterocycles. The zero-order valence-corrected chi connectivity index (χ0v) is 19.1. The number of carbonyl (C=O) groups is 2. The summed E-state index contributed by atoms with van der Waals surface area (Å²) in [5.41, 5.74) is 3.13. The highest BCUT2D eigenvalue weighted by Crippen LogP contribution is 2.39. The molecule has 0 saturated heterocycles. The van der Waals surface area contributed by atoms with E-state index in [2.05, 4.69) is 5.32 Å². The van der Waals surface area contributed by atoms with Gasteiger partial charge in [-0.15, -0.1) is 0 Å². The minimum Gasteiger partial charge on any atom is -0.462 e. The lowest BCUT2D eigenvalue weighted by atomic mass is 10.0. The summed E-state index contributed by atoms with van der Waals surface area (Å²) >= 11 is 0. The third-order valence-corrected chi connectivity index (χ3v) is 5.88. The Kier molecular flexibility index (Phi) is 6.49. The van der Waals surface area contributed by atoms with Crippen molar-refractivity contribution in [2.75, 3.05) is 28.8 Å². The normalized spacial score (nSPS) is 15.2. The average Bonchev–Trinajstić information content (AvgIpc) is 2.82. The first-order valence-corrected chi connectivity index (χ1v) is 11.0. The van der Waals surface area contributed by atoms with E-state index >= 15 is 0 Å². The maximum Gasteiger partial charge on any atom is 0.338 e. The Hall–Kier alpha value is -3.94. The Balaban J connectivity index is 1.65. The minimum atomic E-state index is -0.656. The van der Waals surface area contributed by atoms with Crippen LogP contribution in [0.5, 0.6) is 0 Å². The molecule has 0 radical (unpaired) electrons. The highest BCUT2D eigenvalue weighted by Gasteiger charge is 2.34. The van der Waals surface area contributed by atoms with E-state index in [1.54, 1.807) is 61.0 Å². The predicted molar refractivity (Wildman–Crippen MR) is 128 cm³/mol. The van der Waals surface area contributed by atoms with Crippen LogP contribution in [0.2, 0.25) is 0 Å². The van der Waals surface area contributed by atoms with Crippen LogP contribution in [0.15, 0.2) is 60.7 Å². The number of rotatable bonds is 6. The van der Waals surface area contributed by atoms with Gasteiger partial charge in [0, 0.05) is 30.5 Å². The molecule has 0 fully saturated rings. The van der Waals surface area contributed by atoms with Gasteiger partial charge in [-0.3, -0.25) is 4.79 Å². The molecule has 1 atom stereocenters. The number of hydrogen-bond donors (Lipinski definition) is 1. The van der Waals surface area contributed by atoms with E-state index in [9.17, 15) is 18.4 Å². The van der Waals surface area contributed by atoms with Crippen molar-refractivity contribution < 1.29 is 23.1 Å². The van der Waals surface area contributed by atoms with Gasteiger partial charge in [0.15, 0.2) is 0 Å². The van der Waals surface area contributed by atoms with Gasteiger partial charge in [0.05, 0.1) is 23.5 Å². The molecule has 1 aliphatic rings. The number of likely N-dealkylation sites (N-methyl/N-ethyl adjacent to an activating group) is 1. The number of amides is 1. The van der Waals surface area contributed by atoms with Gasteiger partial charge in [0.1, 0.15) is 17.7 Å². The van der Waals surface area contributed by atoms with Gasteiger partial charge in [-0.2, -0.15) is 0 Å². The Morgan fingerprint density at radius 3 is 2.29 bits per heavy atom. The predicted octanol–water partition coefficient (Wildman–Crippen LogP) is 5.26. The fourth-order valence-electron chi connectivity index (χ4n) is 4.00. The molecule has 0 saturated carbocycles. The van der Waals surface area contributed by atoms with Crippen molar-refractivity contribution in [3.8, 4) is 0 Å². The highest BCUT2D eigenvalue weighted by molar-refractivity contribution is 6.05. The lowest BCUT2D eigenvalue weighted by Crippen LogP contribution is -2.50. The summed E-state index contributed by atoms with van der Waals surface area (Å²) in [5.74, 6) is -1.87. The van der Waals surface area contributed by atoms with E-state index in [0.29, 0.717) is 23.5 Å². The third-order valence-electron chi connectivity index (χ3n) is 5.88. The molecule has 3 aromatic rings. The van der Waals surface area contributed by atoms with Crippen LogP contribution in [0, 0.1) is 11.6 Å². The molecular weight excluding hydrogens is 440 g/mol. The number of benzene rings is 3. The van der Waals surface area contributed by atoms with Crippen LogP contribution in [0.1, 0.15) is 29.8 Å². The Morgan fingerprint density at radius 1 is 1.00 bits per heavy atom. The SMILES string of the molecule is CCOC(=O)c1ccc(Nc2ccc3c(c2)N(Cc2c(F)cccc2F)C(C)C(=O)N3C)cc1. The number of anilines is 4. The van der Waals surface area contributed by atoms with Gasteiger partial charge >= 0.3 is 5.97 Å². The molecule has 176 valence electrons. The van der Waals surface area contributed by atoms with Crippen LogP contribution < -0.4 is 15.1 Å². The minimum absolute atomic E-state index is 0.0921. The van der Waals surface area contributed by atoms with Crippen molar-refractivity contribution in [3.63, 3.8) is 0 Å². The number of esters is 1. The van der Waals surface area contributed by atoms with Crippen LogP contribution in [-0.4, -0.2) is 31.6 Å². The van der Waals surface area contributed by atoms with Crippen molar-refractivity contribution in [1.82, 2.24) is 0 Å². The summed E-state index contributed by atoms with van der Waals surface area (Å²) in [4.78, 5) is 27.9. The number of carbonyl (C=O) groups excluding carboxylic acids is 2. The number of halogens is 2. The fraction of sp³-hybridized carbons (Fsp3) is 0.231. The van der Waals surface area contributed by atoms with E-state index in [-0.39, 0.29) is 24.0 Å². The topological polar surface area (TPSA) is 61.9 Å².